The molecule has 0 bridgehead atoms. The number of thioether (sulfide) groups is 1. The zero-order valence-corrected chi connectivity index (χ0v) is 14.0. The highest BCUT2D eigenvalue weighted by molar-refractivity contribution is 8.00. The number of rotatable bonds is 5. The Labute approximate surface area is 140 Å². The molecule has 2 amide bonds. The van der Waals surface area contributed by atoms with Gasteiger partial charge in [0.2, 0.25) is 11.8 Å². The lowest BCUT2D eigenvalue weighted by molar-refractivity contribution is -0.128. The third-order valence-electron chi connectivity index (χ3n) is 3.80. The smallest absolute Gasteiger partial charge is 0.234 e. The third kappa shape index (κ3) is 6.60. The Kier molecular flexibility index (Phi) is 7.39. The highest BCUT2D eigenvalue weighted by Crippen LogP contribution is 2.13. The first-order valence-corrected chi connectivity index (χ1v) is 9.21. The highest BCUT2D eigenvalue weighted by Gasteiger charge is 2.15. The molecule has 1 N–H and O–H groups in total. The maximum atomic E-state index is 12.8. The molecule has 1 aliphatic heterocycles. The molecule has 1 fully saturated rings. The highest BCUT2D eigenvalue weighted by atomic mass is 32.2. The van der Waals surface area contributed by atoms with Gasteiger partial charge in [-0.25, -0.2) is 4.39 Å². The molecule has 0 unspecified atom stereocenters. The van der Waals surface area contributed by atoms with Crippen molar-refractivity contribution in [1.29, 1.82) is 0 Å². The largest absolute Gasteiger partial charge is 0.342 e. The Hall–Kier alpha value is -1.56. The van der Waals surface area contributed by atoms with Crippen molar-refractivity contribution in [3.8, 4) is 0 Å². The average molecular weight is 338 g/mol. The zero-order valence-electron chi connectivity index (χ0n) is 13.2. The van der Waals surface area contributed by atoms with Crippen LogP contribution in [0.25, 0.3) is 0 Å². The minimum atomic E-state index is -0.337. The van der Waals surface area contributed by atoms with Gasteiger partial charge >= 0.3 is 0 Å². The molecule has 126 valence electrons. The van der Waals surface area contributed by atoms with Crippen LogP contribution in [-0.4, -0.2) is 41.3 Å². The molecular weight excluding hydrogens is 315 g/mol. The van der Waals surface area contributed by atoms with E-state index in [4.69, 9.17) is 0 Å². The molecule has 1 saturated heterocycles. The number of anilines is 1. The molecule has 1 heterocycles. The molecule has 1 aromatic carbocycles. The fraction of sp³-hybridized carbons (Fsp3) is 0.529. The van der Waals surface area contributed by atoms with Gasteiger partial charge in [-0.3, -0.25) is 9.59 Å². The van der Waals surface area contributed by atoms with E-state index in [1.165, 1.54) is 55.3 Å². The molecular formula is C17H23FN2O2S. The predicted octanol–water partition coefficient (Wildman–Crippen LogP) is 3.29. The normalized spacial score (nSPS) is 15.6. The van der Waals surface area contributed by atoms with Crippen molar-refractivity contribution < 1.29 is 14.0 Å². The average Bonchev–Trinajstić information content (AvgIpc) is 2.49. The van der Waals surface area contributed by atoms with Crippen LogP contribution in [-0.2, 0) is 9.59 Å². The number of nitrogens with one attached hydrogen (secondary N) is 1. The molecule has 6 heteroatoms. The summed E-state index contributed by atoms with van der Waals surface area (Å²) in [5.41, 5.74) is 0.562. The summed E-state index contributed by atoms with van der Waals surface area (Å²) < 4.78 is 12.8. The van der Waals surface area contributed by atoms with Gasteiger partial charge in [0.1, 0.15) is 5.82 Å². The molecule has 0 radical (unpaired) electrons. The third-order valence-corrected chi connectivity index (χ3v) is 4.71. The Balaban J connectivity index is 1.67. The van der Waals surface area contributed by atoms with E-state index in [2.05, 4.69) is 5.32 Å². The van der Waals surface area contributed by atoms with Crippen LogP contribution in [0.1, 0.15) is 32.1 Å². The van der Waals surface area contributed by atoms with Crippen molar-refractivity contribution in [2.45, 2.75) is 32.1 Å². The van der Waals surface area contributed by atoms with Crippen LogP contribution < -0.4 is 5.32 Å². The lowest BCUT2D eigenvalue weighted by Gasteiger charge is -2.24. The summed E-state index contributed by atoms with van der Waals surface area (Å²) in [5, 5.41) is 2.69. The van der Waals surface area contributed by atoms with Gasteiger partial charge in [0.15, 0.2) is 0 Å². The van der Waals surface area contributed by atoms with Crippen LogP contribution >= 0.6 is 11.8 Å². The van der Waals surface area contributed by atoms with E-state index in [0.29, 0.717) is 11.4 Å². The molecule has 0 spiro atoms. The van der Waals surface area contributed by atoms with Gasteiger partial charge in [-0.1, -0.05) is 19.3 Å². The summed E-state index contributed by atoms with van der Waals surface area (Å²) in [6, 6.07) is 5.63. The van der Waals surface area contributed by atoms with Crippen LogP contribution in [0, 0.1) is 5.82 Å². The standard InChI is InChI=1S/C17H23FN2O2S/c18-14-6-8-15(9-7-14)19-16(21)12-23-13-17(22)20-10-4-2-1-3-5-11-20/h6-9H,1-5,10-13H2,(H,19,21). The number of halogens is 1. The summed E-state index contributed by atoms with van der Waals surface area (Å²) in [6.07, 6.45) is 5.79. The van der Waals surface area contributed by atoms with Crippen LogP contribution in [0.4, 0.5) is 10.1 Å². The summed E-state index contributed by atoms with van der Waals surface area (Å²) in [7, 11) is 0. The lowest BCUT2D eigenvalue weighted by Crippen LogP contribution is -2.35. The van der Waals surface area contributed by atoms with Crippen LogP contribution in [0.3, 0.4) is 0 Å². The number of benzene rings is 1. The van der Waals surface area contributed by atoms with Gasteiger partial charge in [-0.15, -0.1) is 11.8 Å². The van der Waals surface area contributed by atoms with Gasteiger partial charge in [-0.2, -0.15) is 0 Å². The number of likely N-dealkylation sites (tertiary alicyclic amines) is 1. The SMILES string of the molecule is O=C(CSCC(=O)N1CCCCCCC1)Nc1ccc(F)cc1. The molecule has 0 saturated carbocycles. The van der Waals surface area contributed by atoms with E-state index >= 15 is 0 Å². The monoisotopic (exact) mass is 338 g/mol. The molecule has 23 heavy (non-hydrogen) atoms. The zero-order chi connectivity index (χ0) is 16.5. The summed E-state index contributed by atoms with van der Waals surface area (Å²) >= 11 is 1.32. The van der Waals surface area contributed by atoms with Crippen molar-refractivity contribution in [2.75, 3.05) is 29.9 Å². The second-order valence-corrected chi connectivity index (χ2v) is 6.68. The molecule has 4 nitrogen and oxygen atoms in total. The number of carbonyl (C=O) groups excluding carboxylic acids is 2. The van der Waals surface area contributed by atoms with Crippen molar-refractivity contribution in [3.05, 3.63) is 30.1 Å². The number of carbonyl (C=O) groups is 2. The molecule has 2 rings (SSSR count). The van der Waals surface area contributed by atoms with E-state index in [9.17, 15) is 14.0 Å². The van der Waals surface area contributed by atoms with E-state index in [0.717, 1.165) is 25.9 Å². The van der Waals surface area contributed by atoms with Gasteiger partial charge in [0, 0.05) is 18.8 Å². The van der Waals surface area contributed by atoms with Gasteiger partial charge in [0.05, 0.1) is 11.5 Å². The van der Waals surface area contributed by atoms with Crippen LogP contribution in [0.5, 0.6) is 0 Å². The Morgan fingerprint density at radius 3 is 2.26 bits per heavy atom. The molecule has 0 aromatic heterocycles. The van der Waals surface area contributed by atoms with E-state index in [-0.39, 0.29) is 23.4 Å². The molecule has 0 aliphatic carbocycles. The van der Waals surface area contributed by atoms with Crippen molar-refractivity contribution in [2.24, 2.45) is 0 Å². The van der Waals surface area contributed by atoms with Crippen LogP contribution in [0.2, 0.25) is 0 Å². The predicted molar refractivity (Wildman–Crippen MR) is 92.0 cm³/mol. The summed E-state index contributed by atoms with van der Waals surface area (Å²) in [5.74, 6) is 0.151. The summed E-state index contributed by atoms with van der Waals surface area (Å²) in [6.45, 7) is 1.67. The Bertz CT molecular complexity index is 514. The van der Waals surface area contributed by atoms with Gasteiger partial charge in [-0.05, 0) is 37.1 Å². The molecule has 1 aliphatic rings. The minimum Gasteiger partial charge on any atom is -0.342 e. The van der Waals surface area contributed by atoms with Crippen LogP contribution in [0.15, 0.2) is 24.3 Å². The van der Waals surface area contributed by atoms with Crippen molar-refractivity contribution >= 4 is 29.3 Å². The Morgan fingerprint density at radius 1 is 1.00 bits per heavy atom. The topological polar surface area (TPSA) is 49.4 Å². The second-order valence-electron chi connectivity index (χ2n) is 5.70. The molecule has 0 atom stereocenters. The van der Waals surface area contributed by atoms with Gasteiger partial charge in [0.25, 0.3) is 0 Å². The number of nitrogens with zero attached hydrogens (tertiary/aromatic N) is 1. The number of amides is 2. The maximum absolute atomic E-state index is 12.8. The lowest BCUT2D eigenvalue weighted by atomic mass is 10.1. The fourth-order valence-electron chi connectivity index (χ4n) is 2.55. The fourth-order valence-corrected chi connectivity index (χ4v) is 3.27. The van der Waals surface area contributed by atoms with Gasteiger partial charge < -0.3 is 10.2 Å². The van der Waals surface area contributed by atoms with Crippen molar-refractivity contribution in [1.82, 2.24) is 4.90 Å². The second kappa shape index (κ2) is 9.55. The first-order chi connectivity index (χ1) is 11.1. The van der Waals surface area contributed by atoms with E-state index < -0.39 is 0 Å². The van der Waals surface area contributed by atoms with Crippen molar-refractivity contribution in [3.63, 3.8) is 0 Å². The molecule has 1 aromatic rings. The Morgan fingerprint density at radius 2 is 1.61 bits per heavy atom. The number of hydrogen-bond acceptors (Lipinski definition) is 3. The number of hydrogen-bond donors (Lipinski definition) is 1. The quantitative estimate of drug-likeness (QED) is 0.896. The minimum absolute atomic E-state index is 0.117. The van der Waals surface area contributed by atoms with E-state index in [1.54, 1.807) is 0 Å². The van der Waals surface area contributed by atoms with E-state index in [1.807, 2.05) is 4.90 Å². The summed E-state index contributed by atoms with van der Waals surface area (Å²) in [4.78, 5) is 25.9. The first kappa shape index (κ1) is 17.8. The maximum Gasteiger partial charge on any atom is 0.234 e. The first-order valence-electron chi connectivity index (χ1n) is 8.06.